The van der Waals surface area contributed by atoms with Gasteiger partial charge in [0.2, 0.25) is 5.91 Å². The minimum Gasteiger partial charge on any atom is -0.356 e. The molecule has 2 aromatic rings. The average Bonchev–Trinajstić information content (AvgIpc) is 3.07. The number of piperidine rings is 1. The number of alkyl halides is 2. The van der Waals surface area contributed by atoms with Gasteiger partial charge in [-0.3, -0.25) is 9.69 Å². The summed E-state index contributed by atoms with van der Waals surface area (Å²) in [7, 11) is 0. The van der Waals surface area contributed by atoms with Crippen molar-refractivity contribution < 1.29 is 13.6 Å². The summed E-state index contributed by atoms with van der Waals surface area (Å²) in [5, 5.41) is 1.89. The molecule has 170 valence electrons. The Morgan fingerprint density at radius 3 is 2.65 bits per heavy atom. The van der Waals surface area contributed by atoms with Crippen LogP contribution in [-0.4, -0.2) is 53.3 Å². The Kier molecular flexibility index (Phi) is 6.87. The zero-order chi connectivity index (χ0) is 22.1. The third-order valence-corrected chi connectivity index (χ3v) is 7.03. The summed E-state index contributed by atoms with van der Waals surface area (Å²) >= 11 is 6.24. The largest absolute Gasteiger partial charge is 0.356 e. The number of aromatic amines is 1. The number of benzene rings is 1. The van der Waals surface area contributed by atoms with E-state index < -0.39 is 6.43 Å². The fourth-order valence-corrected chi connectivity index (χ4v) is 5.43. The standard InChI is InChI=1S/C24H32ClF2N3O/c1-15(2)11-21-24-18(19-13-17(25)3-4-20(19)28-24)7-10-30(21)23(31)12-16-5-8-29(9-6-16)14-22(26)27/h3-4,13,15-16,21-22,28H,5-12,14H2,1-2H3. The summed E-state index contributed by atoms with van der Waals surface area (Å²) in [5.41, 5.74) is 3.51. The molecule has 3 heterocycles. The predicted octanol–water partition coefficient (Wildman–Crippen LogP) is 5.66. The zero-order valence-electron chi connectivity index (χ0n) is 18.3. The van der Waals surface area contributed by atoms with Crippen LogP contribution in [0, 0.1) is 11.8 Å². The van der Waals surface area contributed by atoms with Gasteiger partial charge in [-0.25, -0.2) is 8.78 Å². The van der Waals surface area contributed by atoms with Gasteiger partial charge in [0.1, 0.15) is 0 Å². The van der Waals surface area contributed by atoms with Crippen LogP contribution in [0.3, 0.4) is 0 Å². The molecule has 7 heteroatoms. The highest BCUT2D eigenvalue weighted by atomic mass is 35.5. The summed E-state index contributed by atoms with van der Waals surface area (Å²) in [4.78, 5) is 20.8. The molecule has 0 saturated carbocycles. The second-order valence-corrected chi connectivity index (χ2v) is 9.97. The number of H-pyrrole nitrogens is 1. The minimum absolute atomic E-state index is 0.0429. The number of aromatic nitrogens is 1. The molecule has 1 amide bonds. The second kappa shape index (κ2) is 9.45. The van der Waals surface area contributed by atoms with Gasteiger partial charge in [0.05, 0.1) is 12.6 Å². The predicted molar refractivity (Wildman–Crippen MR) is 121 cm³/mol. The monoisotopic (exact) mass is 451 g/mol. The lowest BCUT2D eigenvalue weighted by atomic mass is 9.89. The van der Waals surface area contributed by atoms with Crippen LogP contribution in [-0.2, 0) is 11.2 Å². The van der Waals surface area contributed by atoms with Crippen LogP contribution in [0.4, 0.5) is 8.78 Å². The lowest BCUT2D eigenvalue weighted by Crippen LogP contribution is -2.43. The molecule has 2 aliphatic heterocycles. The fourth-order valence-electron chi connectivity index (χ4n) is 5.26. The van der Waals surface area contributed by atoms with Crippen molar-refractivity contribution in [3.05, 3.63) is 34.5 Å². The van der Waals surface area contributed by atoms with Gasteiger partial charge in [-0.15, -0.1) is 0 Å². The number of rotatable bonds is 6. The maximum atomic E-state index is 13.4. The molecule has 1 aromatic heterocycles. The highest BCUT2D eigenvalue weighted by Gasteiger charge is 2.35. The van der Waals surface area contributed by atoms with Crippen molar-refractivity contribution in [2.24, 2.45) is 11.8 Å². The van der Waals surface area contributed by atoms with E-state index in [0.29, 0.717) is 32.0 Å². The van der Waals surface area contributed by atoms with E-state index in [9.17, 15) is 13.6 Å². The van der Waals surface area contributed by atoms with Gasteiger partial charge in [-0.05, 0) is 74.4 Å². The Bertz CT molecular complexity index is 921. The molecule has 2 aliphatic rings. The molecular weight excluding hydrogens is 420 g/mol. The number of hydrogen-bond acceptors (Lipinski definition) is 2. The van der Waals surface area contributed by atoms with Crippen LogP contribution in [0.15, 0.2) is 18.2 Å². The van der Waals surface area contributed by atoms with E-state index in [1.165, 1.54) is 5.56 Å². The topological polar surface area (TPSA) is 39.3 Å². The molecule has 0 aliphatic carbocycles. The number of amides is 1. The van der Waals surface area contributed by atoms with Crippen molar-refractivity contribution in [3.8, 4) is 0 Å². The van der Waals surface area contributed by atoms with Crippen molar-refractivity contribution in [2.75, 3.05) is 26.2 Å². The number of carbonyl (C=O) groups is 1. The SMILES string of the molecule is CC(C)CC1c2[nH]c3ccc(Cl)cc3c2CCN1C(=O)CC1CCN(CC(F)F)CC1. The molecule has 4 nitrogen and oxygen atoms in total. The van der Waals surface area contributed by atoms with Gasteiger partial charge in [-0.2, -0.15) is 0 Å². The van der Waals surface area contributed by atoms with E-state index in [1.807, 2.05) is 23.1 Å². The lowest BCUT2D eigenvalue weighted by molar-refractivity contribution is -0.136. The molecule has 0 bridgehead atoms. The Balaban J connectivity index is 1.49. The van der Waals surface area contributed by atoms with Gasteiger partial charge in [0.15, 0.2) is 0 Å². The van der Waals surface area contributed by atoms with Crippen molar-refractivity contribution in [3.63, 3.8) is 0 Å². The highest BCUT2D eigenvalue weighted by Crippen LogP contribution is 2.39. The molecule has 1 N–H and O–H groups in total. The number of halogens is 3. The first-order valence-corrected chi connectivity index (χ1v) is 11.8. The smallest absolute Gasteiger partial charge is 0.251 e. The van der Waals surface area contributed by atoms with Crippen LogP contribution >= 0.6 is 11.6 Å². The molecule has 1 atom stereocenters. The van der Waals surface area contributed by atoms with Crippen molar-refractivity contribution >= 4 is 28.4 Å². The van der Waals surface area contributed by atoms with Gasteiger partial charge in [-0.1, -0.05) is 25.4 Å². The third kappa shape index (κ3) is 5.06. The fraction of sp³-hybridized carbons (Fsp3) is 0.625. The van der Waals surface area contributed by atoms with Crippen molar-refractivity contribution in [1.29, 1.82) is 0 Å². The van der Waals surface area contributed by atoms with E-state index in [0.717, 1.165) is 47.3 Å². The molecular formula is C24H32ClF2N3O. The molecule has 0 spiro atoms. The summed E-state index contributed by atoms with van der Waals surface area (Å²) in [6.45, 7) is 6.25. The summed E-state index contributed by atoms with van der Waals surface area (Å²) in [5.74, 6) is 0.933. The summed E-state index contributed by atoms with van der Waals surface area (Å²) in [6.07, 6.45) is 1.59. The Morgan fingerprint density at radius 2 is 1.97 bits per heavy atom. The second-order valence-electron chi connectivity index (χ2n) is 9.53. The highest BCUT2D eigenvalue weighted by molar-refractivity contribution is 6.31. The normalized spacial score (nSPS) is 20.7. The molecule has 1 saturated heterocycles. The maximum absolute atomic E-state index is 13.4. The van der Waals surface area contributed by atoms with Crippen LogP contribution in [0.1, 0.15) is 56.8 Å². The maximum Gasteiger partial charge on any atom is 0.251 e. The summed E-state index contributed by atoms with van der Waals surface area (Å²) in [6, 6.07) is 5.97. The first-order chi connectivity index (χ1) is 14.8. The van der Waals surface area contributed by atoms with Gasteiger partial charge >= 0.3 is 0 Å². The molecule has 1 fully saturated rings. The van der Waals surface area contributed by atoms with Gasteiger partial charge in [0, 0.05) is 34.6 Å². The van der Waals surface area contributed by atoms with Crippen LogP contribution in [0.2, 0.25) is 5.02 Å². The van der Waals surface area contributed by atoms with Gasteiger partial charge < -0.3 is 9.88 Å². The number of likely N-dealkylation sites (tertiary alicyclic amines) is 1. The van der Waals surface area contributed by atoms with E-state index in [4.69, 9.17) is 11.6 Å². The van der Waals surface area contributed by atoms with E-state index in [2.05, 4.69) is 23.7 Å². The van der Waals surface area contributed by atoms with E-state index in [-0.39, 0.29) is 24.4 Å². The summed E-state index contributed by atoms with van der Waals surface area (Å²) < 4.78 is 25.2. The van der Waals surface area contributed by atoms with Crippen LogP contribution < -0.4 is 0 Å². The number of fused-ring (bicyclic) bond motifs is 3. The average molecular weight is 452 g/mol. The quantitative estimate of drug-likeness (QED) is 0.615. The first-order valence-electron chi connectivity index (χ1n) is 11.4. The van der Waals surface area contributed by atoms with Crippen LogP contribution in [0.5, 0.6) is 0 Å². The molecule has 31 heavy (non-hydrogen) atoms. The Hall–Kier alpha value is -1.66. The van der Waals surface area contributed by atoms with Crippen molar-refractivity contribution in [2.45, 2.75) is 58.4 Å². The molecule has 4 rings (SSSR count). The Morgan fingerprint density at radius 1 is 1.23 bits per heavy atom. The Labute approximate surface area is 187 Å². The van der Waals surface area contributed by atoms with E-state index in [1.54, 1.807) is 0 Å². The minimum atomic E-state index is -2.29. The molecule has 0 radical (unpaired) electrons. The van der Waals surface area contributed by atoms with E-state index >= 15 is 0 Å². The lowest BCUT2D eigenvalue weighted by Gasteiger charge is -2.38. The van der Waals surface area contributed by atoms with Gasteiger partial charge in [0.25, 0.3) is 6.43 Å². The zero-order valence-corrected chi connectivity index (χ0v) is 19.1. The molecule has 1 aromatic carbocycles. The molecule has 1 unspecified atom stereocenters. The van der Waals surface area contributed by atoms with Crippen molar-refractivity contribution in [1.82, 2.24) is 14.8 Å². The number of hydrogen-bond donors (Lipinski definition) is 1. The third-order valence-electron chi connectivity index (χ3n) is 6.80. The van der Waals surface area contributed by atoms with Crippen LogP contribution in [0.25, 0.3) is 10.9 Å². The number of nitrogens with one attached hydrogen (secondary N) is 1. The number of carbonyl (C=O) groups excluding carboxylic acids is 1. The first kappa shape index (κ1) is 22.5. The number of nitrogens with zero attached hydrogens (tertiary/aromatic N) is 2.